The monoisotopic (exact) mass is 274 g/mol. The predicted molar refractivity (Wildman–Crippen MR) is 59.6 cm³/mol. The van der Waals surface area contributed by atoms with Crippen LogP contribution in [0.5, 0.6) is 0 Å². The molecule has 0 radical (unpaired) electrons. The standard InChI is InChI=1S/C10H6ClF3N4/c11-9-16-4-2-7(18-9)17-8-5-6(1-3-15-8)10(12,13)14/h1-5H,(H,15,16,17,18). The summed E-state index contributed by atoms with van der Waals surface area (Å²) >= 11 is 5.55. The first kappa shape index (κ1) is 12.6. The van der Waals surface area contributed by atoms with E-state index in [1.807, 2.05) is 0 Å². The average Bonchev–Trinajstić information content (AvgIpc) is 2.28. The topological polar surface area (TPSA) is 50.7 Å². The normalized spacial score (nSPS) is 11.3. The first-order chi connectivity index (χ1) is 8.45. The van der Waals surface area contributed by atoms with E-state index in [0.29, 0.717) is 0 Å². The van der Waals surface area contributed by atoms with Crippen LogP contribution in [0.15, 0.2) is 30.6 Å². The van der Waals surface area contributed by atoms with Gasteiger partial charge in [-0.05, 0) is 29.8 Å². The quantitative estimate of drug-likeness (QED) is 0.854. The molecule has 0 saturated heterocycles. The van der Waals surface area contributed by atoms with Crippen LogP contribution in [0.3, 0.4) is 0 Å². The van der Waals surface area contributed by atoms with Crippen molar-refractivity contribution >= 4 is 23.2 Å². The van der Waals surface area contributed by atoms with Crippen molar-refractivity contribution in [2.45, 2.75) is 6.18 Å². The molecule has 94 valence electrons. The molecule has 0 aliphatic heterocycles. The zero-order valence-corrected chi connectivity index (χ0v) is 9.50. The Morgan fingerprint density at radius 1 is 1.06 bits per heavy atom. The van der Waals surface area contributed by atoms with E-state index >= 15 is 0 Å². The number of nitrogens with zero attached hydrogens (tertiary/aromatic N) is 3. The molecule has 2 aromatic rings. The average molecular weight is 275 g/mol. The third-order valence-electron chi connectivity index (χ3n) is 1.97. The summed E-state index contributed by atoms with van der Waals surface area (Å²) in [5.41, 5.74) is -0.792. The SMILES string of the molecule is FC(F)(F)c1ccnc(Nc2ccnc(Cl)n2)c1. The van der Waals surface area contributed by atoms with Crippen LogP contribution < -0.4 is 5.32 Å². The smallest absolute Gasteiger partial charge is 0.325 e. The largest absolute Gasteiger partial charge is 0.416 e. The minimum Gasteiger partial charge on any atom is -0.325 e. The van der Waals surface area contributed by atoms with Crippen molar-refractivity contribution in [3.8, 4) is 0 Å². The Kier molecular flexibility index (Phi) is 3.33. The van der Waals surface area contributed by atoms with Gasteiger partial charge in [0.05, 0.1) is 5.56 Å². The highest BCUT2D eigenvalue weighted by atomic mass is 35.5. The molecular formula is C10H6ClF3N4. The summed E-state index contributed by atoms with van der Waals surface area (Å²) < 4.78 is 37.4. The van der Waals surface area contributed by atoms with E-state index in [-0.39, 0.29) is 16.9 Å². The summed E-state index contributed by atoms with van der Waals surface area (Å²) in [4.78, 5) is 11.2. The number of halogens is 4. The highest BCUT2D eigenvalue weighted by molar-refractivity contribution is 6.28. The molecular weight excluding hydrogens is 269 g/mol. The van der Waals surface area contributed by atoms with Gasteiger partial charge in [-0.3, -0.25) is 0 Å². The fraction of sp³-hybridized carbons (Fsp3) is 0.100. The van der Waals surface area contributed by atoms with Gasteiger partial charge in [0.1, 0.15) is 11.6 Å². The van der Waals surface area contributed by atoms with Crippen LogP contribution in [0, 0.1) is 0 Å². The molecule has 4 nitrogen and oxygen atoms in total. The van der Waals surface area contributed by atoms with Crippen LogP contribution >= 0.6 is 11.6 Å². The molecule has 2 rings (SSSR count). The van der Waals surface area contributed by atoms with E-state index in [2.05, 4.69) is 20.3 Å². The Morgan fingerprint density at radius 2 is 1.78 bits per heavy atom. The molecule has 0 amide bonds. The van der Waals surface area contributed by atoms with Gasteiger partial charge in [-0.15, -0.1) is 0 Å². The van der Waals surface area contributed by atoms with Crippen LogP contribution in [-0.2, 0) is 6.18 Å². The summed E-state index contributed by atoms with van der Waals surface area (Å²) in [5, 5.41) is 2.60. The Bertz CT molecular complexity index is 559. The maximum absolute atomic E-state index is 12.5. The molecule has 0 spiro atoms. The second kappa shape index (κ2) is 4.77. The van der Waals surface area contributed by atoms with E-state index in [1.165, 1.54) is 12.3 Å². The minimum absolute atomic E-state index is 0.00743. The van der Waals surface area contributed by atoms with E-state index in [9.17, 15) is 13.2 Å². The number of aromatic nitrogens is 3. The van der Waals surface area contributed by atoms with Gasteiger partial charge in [-0.25, -0.2) is 15.0 Å². The second-order valence-corrected chi connectivity index (χ2v) is 3.60. The maximum atomic E-state index is 12.5. The highest BCUT2D eigenvalue weighted by Gasteiger charge is 2.30. The molecule has 2 heterocycles. The van der Waals surface area contributed by atoms with Crippen molar-refractivity contribution in [3.05, 3.63) is 41.4 Å². The molecule has 0 aromatic carbocycles. The molecule has 0 aliphatic rings. The molecule has 0 aliphatic carbocycles. The molecule has 8 heteroatoms. The van der Waals surface area contributed by atoms with Crippen LogP contribution in [0.4, 0.5) is 24.8 Å². The van der Waals surface area contributed by atoms with Crippen LogP contribution in [0.25, 0.3) is 0 Å². The van der Waals surface area contributed by atoms with E-state index in [0.717, 1.165) is 18.3 Å². The van der Waals surface area contributed by atoms with E-state index in [4.69, 9.17) is 11.6 Å². The minimum atomic E-state index is -4.41. The summed E-state index contributed by atoms with van der Waals surface area (Å²) in [6.45, 7) is 0. The van der Waals surface area contributed by atoms with Gasteiger partial charge < -0.3 is 5.32 Å². The summed E-state index contributed by atoms with van der Waals surface area (Å²) in [6, 6.07) is 3.24. The number of nitrogens with one attached hydrogen (secondary N) is 1. The summed E-state index contributed by atoms with van der Waals surface area (Å²) in [6.07, 6.45) is -1.97. The fourth-order valence-corrected chi connectivity index (χ4v) is 1.36. The summed E-state index contributed by atoms with van der Waals surface area (Å²) in [5.74, 6) is 0.293. The van der Waals surface area contributed by atoms with E-state index < -0.39 is 11.7 Å². The lowest BCUT2D eigenvalue weighted by atomic mass is 10.2. The zero-order chi connectivity index (χ0) is 13.2. The van der Waals surface area contributed by atoms with Crippen molar-refractivity contribution in [2.24, 2.45) is 0 Å². The molecule has 0 fully saturated rings. The van der Waals surface area contributed by atoms with Crippen molar-refractivity contribution in [3.63, 3.8) is 0 Å². The molecule has 2 aromatic heterocycles. The number of alkyl halides is 3. The highest BCUT2D eigenvalue weighted by Crippen LogP contribution is 2.30. The maximum Gasteiger partial charge on any atom is 0.416 e. The number of hydrogen-bond donors (Lipinski definition) is 1. The second-order valence-electron chi connectivity index (χ2n) is 3.26. The van der Waals surface area contributed by atoms with Gasteiger partial charge in [0, 0.05) is 12.4 Å². The molecule has 0 unspecified atom stereocenters. The van der Waals surface area contributed by atoms with Crippen LogP contribution in [0.1, 0.15) is 5.56 Å². The Balaban J connectivity index is 2.25. The van der Waals surface area contributed by atoms with Gasteiger partial charge in [0.25, 0.3) is 0 Å². The molecule has 0 bridgehead atoms. The van der Waals surface area contributed by atoms with Crippen molar-refractivity contribution < 1.29 is 13.2 Å². The lowest BCUT2D eigenvalue weighted by Gasteiger charge is -2.09. The van der Waals surface area contributed by atoms with E-state index in [1.54, 1.807) is 0 Å². The van der Waals surface area contributed by atoms with Crippen LogP contribution in [-0.4, -0.2) is 15.0 Å². The Labute approximate surface area is 105 Å². The molecule has 0 atom stereocenters. The number of rotatable bonds is 2. The lowest BCUT2D eigenvalue weighted by molar-refractivity contribution is -0.137. The van der Waals surface area contributed by atoms with Gasteiger partial charge in [0.2, 0.25) is 5.28 Å². The van der Waals surface area contributed by atoms with Crippen molar-refractivity contribution in [1.29, 1.82) is 0 Å². The van der Waals surface area contributed by atoms with Gasteiger partial charge in [0.15, 0.2) is 0 Å². The fourth-order valence-electron chi connectivity index (χ4n) is 1.21. The lowest BCUT2D eigenvalue weighted by Crippen LogP contribution is -2.06. The molecule has 1 N–H and O–H groups in total. The molecule has 18 heavy (non-hydrogen) atoms. The third kappa shape index (κ3) is 3.07. The predicted octanol–water partition coefficient (Wildman–Crippen LogP) is 3.29. The van der Waals surface area contributed by atoms with Crippen molar-refractivity contribution in [2.75, 3.05) is 5.32 Å². The zero-order valence-electron chi connectivity index (χ0n) is 8.74. The van der Waals surface area contributed by atoms with Crippen molar-refractivity contribution in [1.82, 2.24) is 15.0 Å². The number of anilines is 2. The van der Waals surface area contributed by atoms with Gasteiger partial charge in [-0.1, -0.05) is 0 Å². The first-order valence-electron chi connectivity index (χ1n) is 4.74. The van der Waals surface area contributed by atoms with Crippen LogP contribution in [0.2, 0.25) is 5.28 Å². The number of pyridine rings is 1. The summed E-state index contributed by atoms with van der Waals surface area (Å²) in [7, 11) is 0. The Morgan fingerprint density at radius 3 is 2.44 bits per heavy atom. The van der Waals surface area contributed by atoms with Gasteiger partial charge >= 0.3 is 6.18 Å². The van der Waals surface area contributed by atoms with Gasteiger partial charge in [-0.2, -0.15) is 13.2 Å². The Hall–Kier alpha value is -1.89. The number of hydrogen-bond acceptors (Lipinski definition) is 4. The third-order valence-corrected chi connectivity index (χ3v) is 2.15. The first-order valence-corrected chi connectivity index (χ1v) is 5.12. The molecule has 0 saturated carbocycles.